The highest BCUT2D eigenvalue weighted by atomic mass is 16.7. The molecule has 0 amide bonds. The molecule has 1 fully saturated rings. The molecule has 0 unspecified atom stereocenters. The van der Waals surface area contributed by atoms with Crippen LogP contribution in [0.25, 0.3) is 0 Å². The highest BCUT2D eigenvalue weighted by molar-refractivity contribution is 6.62. The third-order valence-corrected chi connectivity index (χ3v) is 4.69. The lowest BCUT2D eigenvalue weighted by atomic mass is 9.78. The van der Waals surface area contributed by atoms with Gasteiger partial charge in [0.1, 0.15) is 17.6 Å². The fourth-order valence-corrected chi connectivity index (χ4v) is 2.45. The van der Waals surface area contributed by atoms with Crippen LogP contribution in [-0.4, -0.2) is 30.2 Å². The van der Waals surface area contributed by atoms with Crippen molar-refractivity contribution in [3.05, 3.63) is 23.8 Å². The molecular formula is C18H27BO4. The molecule has 5 heteroatoms. The lowest BCUT2D eigenvalue weighted by Gasteiger charge is -2.32. The summed E-state index contributed by atoms with van der Waals surface area (Å²) in [6.45, 7) is 14.0. The zero-order valence-corrected chi connectivity index (χ0v) is 15.2. The summed E-state index contributed by atoms with van der Waals surface area (Å²) in [4.78, 5) is 10.7. The van der Waals surface area contributed by atoms with Crippen molar-refractivity contribution >= 4 is 18.9 Å². The predicted octanol–water partition coefficient (Wildman–Crippen LogP) is 3.04. The van der Waals surface area contributed by atoms with E-state index in [1.165, 1.54) is 0 Å². The Hall–Kier alpha value is -1.33. The standard InChI is InChI=1S/C18H27BO4/c1-13-12-14(19-22-17(4,5)18(6,7)23-19)8-9-15(13)21-16(2,3)10-11-20/h8-9,11-12H,10H2,1-7H3. The number of carbonyl (C=O) groups is 1. The van der Waals surface area contributed by atoms with Gasteiger partial charge in [0.05, 0.1) is 11.2 Å². The molecule has 0 atom stereocenters. The topological polar surface area (TPSA) is 44.8 Å². The lowest BCUT2D eigenvalue weighted by Crippen LogP contribution is -2.41. The Morgan fingerprint density at radius 2 is 1.74 bits per heavy atom. The molecule has 1 heterocycles. The largest absolute Gasteiger partial charge is 0.494 e. The van der Waals surface area contributed by atoms with E-state index in [-0.39, 0.29) is 18.3 Å². The number of hydrogen-bond acceptors (Lipinski definition) is 4. The van der Waals surface area contributed by atoms with Gasteiger partial charge in [0.2, 0.25) is 0 Å². The van der Waals surface area contributed by atoms with Crippen molar-refractivity contribution in [2.75, 3.05) is 0 Å². The molecule has 0 aliphatic carbocycles. The molecule has 0 aromatic heterocycles. The average Bonchev–Trinajstić information content (AvgIpc) is 2.60. The quantitative estimate of drug-likeness (QED) is 0.618. The van der Waals surface area contributed by atoms with Gasteiger partial charge in [0, 0.05) is 6.42 Å². The number of rotatable bonds is 5. The van der Waals surface area contributed by atoms with Crippen LogP contribution in [0.15, 0.2) is 18.2 Å². The summed E-state index contributed by atoms with van der Waals surface area (Å²) in [7, 11) is -0.379. The SMILES string of the molecule is Cc1cc(B2OC(C)(C)C(C)(C)O2)ccc1OC(C)(C)CC=O. The molecule has 1 saturated heterocycles. The van der Waals surface area contributed by atoms with Gasteiger partial charge < -0.3 is 18.8 Å². The van der Waals surface area contributed by atoms with E-state index in [1.807, 2.05) is 66.7 Å². The minimum absolute atomic E-state index is 0.353. The van der Waals surface area contributed by atoms with Crippen molar-refractivity contribution in [2.24, 2.45) is 0 Å². The molecule has 23 heavy (non-hydrogen) atoms. The molecular weight excluding hydrogens is 291 g/mol. The van der Waals surface area contributed by atoms with Gasteiger partial charge in [-0.15, -0.1) is 0 Å². The fraction of sp³-hybridized carbons (Fsp3) is 0.611. The van der Waals surface area contributed by atoms with Crippen molar-refractivity contribution in [1.29, 1.82) is 0 Å². The zero-order chi connectivity index (χ0) is 17.5. The van der Waals surface area contributed by atoms with Gasteiger partial charge >= 0.3 is 7.12 Å². The Bertz CT molecular complexity index is 577. The summed E-state index contributed by atoms with van der Waals surface area (Å²) in [5.41, 5.74) is 0.746. The summed E-state index contributed by atoms with van der Waals surface area (Å²) in [5.74, 6) is 0.775. The molecule has 0 N–H and O–H groups in total. The number of benzene rings is 1. The van der Waals surface area contributed by atoms with Gasteiger partial charge in [-0.2, -0.15) is 0 Å². The minimum atomic E-state index is -0.516. The van der Waals surface area contributed by atoms with Crippen LogP contribution in [0.1, 0.15) is 53.5 Å². The minimum Gasteiger partial charge on any atom is -0.487 e. The van der Waals surface area contributed by atoms with Crippen LogP contribution in [0.2, 0.25) is 0 Å². The molecule has 0 spiro atoms. The molecule has 1 aliphatic heterocycles. The third-order valence-electron chi connectivity index (χ3n) is 4.69. The normalized spacial score (nSPS) is 19.7. The molecule has 0 radical (unpaired) electrons. The number of carbonyl (C=O) groups excluding carboxylic acids is 1. The van der Waals surface area contributed by atoms with Gasteiger partial charge in [-0.25, -0.2) is 0 Å². The smallest absolute Gasteiger partial charge is 0.487 e. The molecule has 0 bridgehead atoms. The third kappa shape index (κ3) is 3.78. The first kappa shape index (κ1) is 18.0. The van der Waals surface area contributed by atoms with Gasteiger partial charge in [0.15, 0.2) is 0 Å². The van der Waals surface area contributed by atoms with E-state index in [9.17, 15) is 4.79 Å². The first-order valence-electron chi connectivity index (χ1n) is 8.06. The van der Waals surface area contributed by atoms with E-state index in [4.69, 9.17) is 14.0 Å². The van der Waals surface area contributed by atoms with E-state index in [1.54, 1.807) is 0 Å². The highest BCUT2D eigenvalue weighted by Crippen LogP contribution is 2.36. The molecule has 1 aliphatic rings. The van der Waals surface area contributed by atoms with Crippen LogP contribution in [0.4, 0.5) is 0 Å². The monoisotopic (exact) mass is 318 g/mol. The second kappa shape index (κ2) is 5.95. The van der Waals surface area contributed by atoms with Crippen LogP contribution in [0.3, 0.4) is 0 Å². The second-order valence-corrected chi connectivity index (χ2v) is 7.85. The molecule has 126 valence electrons. The average molecular weight is 318 g/mol. The van der Waals surface area contributed by atoms with Crippen molar-refractivity contribution in [2.45, 2.75) is 71.7 Å². The Morgan fingerprint density at radius 3 is 2.22 bits per heavy atom. The number of aryl methyl sites for hydroxylation is 1. The summed E-state index contributed by atoms with van der Waals surface area (Å²) in [5, 5.41) is 0. The second-order valence-electron chi connectivity index (χ2n) is 7.85. The molecule has 0 saturated carbocycles. The molecule has 1 aromatic carbocycles. The highest BCUT2D eigenvalue weighted by Gasteiger charge is 2.51. The van der Waals surface area contributed by atoms with Crippen LogP contribution in [0, 0.1) is 6.92 Å². The summed E-state index contributed by atoms with van der Waals surface area (Å²) >= 11 is 0. The van der Waals surface area contributed by atoms with E-state index in [0.29, 0.717) is 6.42 Å². The Balaban J connectivity index is 2.19. The van der Waals surface area contributed by atoms with Crippen LogP contribution in [-0.2, 0) is 14.1 Å². The lowest BCUT2D eigenvalue weighted by molar-refractivity contribution is -0.110. The predicted molar refractivity (Wildman–Crippen MR) is 92.3 cm³/mol. The molecule has 4 nitrogen and oxygen atoms in total. The van der Waals surface area contributed by atoms with Crippen molar-refractivity contribution in [3.8, 4) is 5.75 Å². The summed E-state index contributed by atoms with van der Waals surface area (Å²) in [6.07, 6.45) is 1.24. The first-order chi connectivity index (χ1) is 10.5. The maximum absolute atomic E-state index is 10.7. The number of ether oxygens (including phenoxy) is 1. The molecule has 1 aromatic rings. The van der Waals surface area contributed by atoms with E-state index >= 15 is 0 Å². The maximum atomic E-state index is 10.7. The van der Waals surface area contributed by atoms with Gasteiger partial charge in [-0.3, -0.25) is 0 Å². The molecule has 2 rings (SSSR count). The van der Waals surface area contributed by atoms with Crippen molar-refractivity contribution in [1.82, 2.24) is 0 Å². The summed E-state index contributed by atoms with van der Waals surface area (Å²) < 4.78 is 18.1. The Labute approximate surface area is 139 Å². The van der Waals surface area contributed by atoms with Crippen LogP contribution < -0.4 is 10.2 Å². The van der Waals surface area contributed by atoms with E-state index in [0.717, 1.165) is 23.1 Å². The Kier molecular flexibility index (Phi) is 4.66. The zero-order valence-electron chi connectivity index (χ0n) is 15.2. The van der Waals surface area contributed by atoms with Crippen molar-refractivity contribution < 1.29 is 18.8 Å². The number of hydrogen-bond donors (Lipinski definition) is 0. The maximum Gasteiger partial charge on any atom is 0.494 e. The van der Waals surface area contributed by atoms with E-state index in [2.05, 4.69) is 0 Å². The number of aldehydes is 1. The van der Waals surface area contributed by atoms with E-state index < -0.39 is 5.60 Å². The van der Waals surface area contributed by atoms with Gasteiger partial charge in [0.25, 0.3) is 0 Å². The van der Waals surface area contributed by atoms with Crippen LogP contribution >= 0.6 is 0 Å². The van der Waals surface area contributed by atoms with Crippen molar-refractivity contribution in [3.63, 3.8) is 0 Å². The first-order valence-corrected chi connectivity index (χ1v) is 8.06. The Morgan fingerprint density at radius 1 is 1.17 bits per heavy atom. The summed E-state index contributed by atoms with van der Waals surface area (Å²) in [6, 6.07) is 5.90. The fourth-order valence-electron chi connectivity index (χ4n) is 2.45. The van der Waals surface area contributed by atoms with Gasteiger partial charge in [-0.1, -0.05) is 12.1 Å². The van der Waals surface area contributed by atoms with Gasteiger partial charge in [-0.05, 0) is 65.6 Å². The van der Waals surface area contributed by atoms with Crippen LogP contribution in [0.5, 0.6) is 5.75 Å².